The molecule has 0 aromatic heterocycles. The molecule has 32 heavy (non-hydrogen) atoms. The summed E-state index contributed by atoms with van der Waals surface area (Å²) in [4.78, 5) is 26.9. The van der Waals surface area contributed by atoms with Crippen LogP contribution in [-0.4, -0.2) is 44.4 Å². The topological polar surface area (TPSA) is 71.3 Å². The van der Waals surface area contributed by atoms with E-state index in [2.05, 4.69) is 10.2 Å². The molecule has 0 fully saturated rings. The van der Waals surface area contributed by atoms with Crippen LogP contribution in [0.25, 0.3) is 0 Å². The summed E-state index contributed by atoms with van der Waals surface area (Å²) in [5.74, 6) is -0.921. The summed E-state index contributed by atoms with van der Waals surface area (Å²) in [7, 11) is 5.20. The number of hydrogen-bond donors (Lipinski definition) is 0. The Morgan fingerprint density at radius 2 is 1.28 bits per heavy atom. The van der Waals surface area contributed by atoms with Crippen LogP contribution in [0, 0.1) is 0 Å². The first kappa shape index (κ1) is 22.6. The summed E-state index contributed by atoms with van der Waals surface area (Å²) < 4.78 is 4.84. The van der Waals surface area contributed by atoms with Crippen LogP contribution in [0.1, 0.15) is 27.9 Å². The molecule has 162 valence electrons. The van der Waals surface area contributed by atoms with Crippen molar-refractivity contribution in [2.75, 3.05) is 26.1 Å². The lowest BCUT2D eigenvalue weighted by atomic mass is 10.0. The molecule has 3 aromatic carbocycles. The van der Waals surface area contributed by atoms with E-state index >= 15 is 0 Å². The van der Waals surface area contributed by atoms with Crippen LogP contribution in [-0.2, 0) is 9.53 Å². The Kier molecular flexibility index (Phi) is 7.65. The van der Waals surface area contributed by atoms with Gasteiger partial charge < -0.3 is 9.64 Å². The minimum absolute atomic E-state index is 0.0558. The van der Waals surface area contributed by atoms with E-state index in [9.17, 15) is 9.59 Å². The third-order valence-electron chi connectivity index (χ3n) is 4.82. The predicted octanol–water partition coefficient (Wildman–Crippen LogP) is 4.39. The molecule has 0 atom stereocenters. The highest BCUT2D eigenvalue weighted by Gasteiger charge is 2.18. The van der Waals surface area contributed by atoms with Crippen molar-refractivity contribution in [2.45, 2.75) is 6.42 Å². The number of carbonyl (C=O) groups excluding carboxylic acids is 2. The van der Waals surface area contributed by atoms with E-state index in [0.29, 0.717) is 11.3 Å². The summed E-state index contributed by atoms with van der Waals surface area (Å²) in [6, 6.07) is 26.2. The van der Waals surface area contributed by atoms with Gasteiger partial charge in [-0.1, -0.05) is 72.8 Å². The molecule has 0 saturated carbocycles. The first-order chi connectivity index (χ1) is 15.5. The number of rotatable bonds is 8. The highest BCUT2D eigenvalue weighted by molar-refractivity contribution is 6.40. The van der Waals surface area contributed by atoms with Crippen LogP contribution in [0.4, 0.5) is 5.69 Å². The van der Waals surface area contributed by atoms with Crippen LogP contribution in [0.15, 0.2) is 95.1 Å². The maximum absolute atomic E-state index is 12.6. The van der Waals surface area contributed by atoms with Gasteiger partial charge >= 0.3 is 5.97 Å². The Labute approximate surface area is 187 Å². The third kappa shape index (κ3) is 5.76. The molecule has 0 N–H and O–H groups in total. The van der Waals surface area contributed by atoms with Gasteiger partial charge in [-0.25, -0.2) is 4.79 Å². The summed E-state index contributed by atoms with van der Waals surface area (Å²) >= 11 is 0. The second-order valence-electron chi connectivity index (χ2n) is 7.26. The number of hydrogen-bond acceptors (Lipinski definition) is 6. The fourth-order valence-corrected chi connectivity index (χ4v) is 3.05. The SMILES string of the molecule is COC(=O)C(CC(=O)c1ccccc1)=NN=C(c1ccccc1)c1ccc(N(C)C)cc1. The standard InChI is InChI=1S/C26H25N3O3/c1-29(2)22-16-14-21(15-17-22)25(20-12-8-5-9-13-20)28-27-23(26(31)32-3)18-24(30)19-10-6-4-7-11-19/h4-17H,18H2,1-3H3. The maximum atomic E-state index is 12.6. The van der Waals surface area contributed by atoms with Gasteiger partial charge in [-0.15, -0.1) is 10.2 Å². The van der Waals surface area contributed by atoms with Gasteiger partial charge in [-0.2, -0.15) is 0 Å². The second-order valence-corrected chi connectivity index (χ2v) is 7.26. The van der Waals surface area contributed by atoms with Gasteiger partial charge in [-0.05, 0) is 12.1 Å². The number of esters is 1. The number of nitrogens with zero attached hydrogens (tertiary/aromatic N) is 3. The van der Waals surface area contributed by atoms with E-state index in [0.717, 1.165) is 16.8 Å². The fourth-order valence-electron chi connectivity index (χ4n) is 3.05. The fraction of sp³-hybridized carbons (Fsp3) is 0.154. The van der Waals surface area contributed by atoms with E-state index in [1.54, 1.807) is 24.3 Å². The zero-order chi connectivity index (χ0) is 22.9. The molecular formula is C26H25N3O3. The van der Waals surface area contributed by atoms with Crippen molar-refractivity contribution in [3.63, 3.8) is 0 Å². The van der Waals surface area contributed by atoms with E-state index in [1.165, 1.54) is 7.11 Å². The van der Waals surface area contributed by atoms with Gasteiger partial charge in [0.05, 0.1) is 13.5 Å². The van der Waals surface area contributed by atoms with E-state index in [1.807, 2.05) is 79.7 Å². The molecular weight excluding hydrogens is 402 g/mol. The Morgan fingerprint density at radius 3 is 1.81 bits per heavy atom. The molecule has 0 saturated heterocycles. The normalized spacial score (nSPS) is 11.7. The van der Waals surface area contributed by atoms with Gasteiger partial charge in [0.1, 0.15) is 5.71 Å². The first-order valence-corrected chi connectivity index (χ1v) is 10.1. The smallest absolute Gasteiger partial charge is 0.354 e. The van der Waals surface area contributed by atoms with E-state index in [-0.39, 0.29) is 17.9 Å². The van der Waals surface area contributed by atoms with Crippen LogP contribution >= 0.6 is 0 Å². The Hall–Kier alpha value is -4.06. The van der Waals surface area contributed by atoms with Crippen molar-refractivity contribution in [1.29, 1.82) is 0 Å². The lowest BCUT2D eigenvalue weighted by Gasteiger charge is -2.13. The lowest BCUT2D eigenvalue weighted by Crippen LogP contribution is -2.20. The van der Waals surface area contributed by atoms with Crippen molar-refractivity contribution in [1.82, 2.24) is 0 Å². The molecule has 0 aliphatic heterocycles. The molecule has 0 bridgehead atoms. The van der Waals surface area contributed by atoms with Gasteiger partial charge in [-0.3, -0.25) is 4.79 Å². The molecule has 0 radical (unpaired) electrons. The Morgan fingerprint density at radius 1 is 0.750 bits per heavy atom. The van der Waals surface area contributed by atoms with Crippen molar-refractivity contribution < 1.29 is 14.3 Å². The number of benzene rings is 3. The first-order valence-electron chi connectivity index (χ1n) is 10.1. The van der Waals surface area contributed by atoms with Gasteiger partial charge in [0.15, 0.2) is 11.5 Å². The molecule has 6 heteroatoms. The largest absolute Gasteiger partial charge is 0.464 e. The molecule has 0 aliphatic carbocycles. The average Bonchev–Trinajstić information content (AvgIpc) is 2.84. The molecule has 0 aliphatic rings. The van der Waals surface area contributed by atoms with Crippen LogP contribution in [0.5, 0.6) is 0 Å². The number of carbonyl (C=O) groups is 2. The number of Topliss-reactive ketones (excluding diaryl/α,β-unsaturated/α-hetero) is 1. The predicted molar refractivity (Wildman–Crippen MR) is 128 cm³/mol. The van der Waals surface area contributed by atoms with E-state index in [4.69, 9.17) is 4.74 Å². The molecule has 6 nitrogen and oxygen atoms in total. The molecule has 3 aromatic rings. The van der Waals surface area contributed by atoms with Crippen molar-refractivity contribution in [2.24, 2.45) is 10.2 Å². The highest BCUT2D eigenvalue weighted by Crippen LogP contribution is 2.17. The molecule has 3 rings (SSSR count). The highest BCUT2D eigenvalue weighted by atomic mass is 16.5. The van der Waals surface area contributed by atoms with Gasteiger partial charge in [0.25, 0.3) is 0 Å². The quantitative estimate of drug-likeness (QED) is 0.231. The molecule has 0 unspecified atom stereocenters. The number of ketones is 1. The minimum Gasteiger partial charge on any atom is -0.464 e. The van der Waals surface area contributed by atoms with Crippen molar-refractivity contribution in [3.8, 4) is 0 Å². The van der Waals surface area contributed by atoms with Crippen LogP contribution in [0.3, 0.4) is 0 Å². The van der Waals surface area contributed by atoms with Gasteiger partial charge in [0.2, 0.25) is 0 Å². The van der Waals surface area contributed by atoms with Gasteiger partial charge in [0, 0.05) is 36.5 Å². The lowest BCUT2D eigenvalue weighted by molar-refractivity contribution is -0.132. The minimum atomic E-state index is -0.687. The summed E-state index contributed by atoms with van der Waals surface area (Å²) in [5, 5.41) is 8.56. The molecule has 0 heterocycles. The van der Waals surface area contributed by atoms with Crippen LogP contribution in [0.2, 0.25) is 0 Å². The van der Waals surface area contributed by atoms with Crippen molar-refractivity contribution >= 4 is 28.9 Å². The summed E-state index contributed by atoms with van der Waals surface area (Å²) in [6.45, 7) is 0. The molecule has 0 spiro atoms. The summed E-state index contributed by atoms with van der Waals surface area (Å²) in [6.07, 6.45) is -0.207. The van der Waals surface area contributed by atoms with Crippen molar-refractivity contribution in [3.05, 3.63) is 102 Å². The monoisotopic (exact) mass is 427 g/mol. The third-order valence-corrected chi connectivity index (χ3v) is 4.82. The summed E-state index contributed by atoms with van der Waals surface area (Å²) in [5.41, 5.74) is 3.75. The Bertz CT molecular complexity index is 1120. The number of methoxy groups -OCH3 is 1. The van der Waals surface area contributed by atoms with Crippen LogP contribution < -0.4 is 4.90 Å². The number of ether oxygens (including phenoxy) is 1. The maximum Gasteiger partial charge on any atom is 0.354 e. The zero-order valence-corrected chi connectivity index (χ0v) is 18.4. The molecule has 0 amide bonds. The Balaban J connectivity index is 2.00. The van der Waals surface area contributed by atoms with E-state index < -0.39 is 5.97 Å². The second kappa shape index (κ2) is 10.8. The number of anilines is 1. The average molecular weight is 428 g/mol. The zero-order valence-electron chi connectivity index (χ0n) is 18.4.